The van der Waals surface area contributed by atoms with Gasteiger partial charge in [0.05, 0.1) is 0 Å². The van der Waals surface area contributed by atoms with Crippen LogP contribution >= 0.6 is 0 Å². The Bertz CT molecular complexity index is 693. The van der Waals surface area contributed by atoms with Crippen LogP contribution in [0.4, 0.5) is 0 Å². The molecule has 7 heteroatoms. The summed E-state index contributed by atoms with van der Waals surface area (Å²) >= 11 is 0. The van der Waals surface area contributed by atoms with Gasteiger partial charge >= 0.3 is 11.9 Å². The minimum absolute atomic E-state index is 0.0339. The number of carbonyl (C=O) groups excluding carboxylic acids is 1. The van der Waals surface area contributed by atoms with Crippen molar-refractivity contribution in [2.75, 3.05) is 0 Å². The molecule has 7 nitrogen and oxygen atoms in total. The number of carboxylic acid groups (broad SMARTS) is 1. The fourth-order valence-corrected chi connectivity index (χ4v) is 2.27. The molecule has 4 N–H and O–H groups in total. The van der Waals surface area contributed by atoms with Crippen LogP contribution in [0.15, 0.2) is 60.7 Å². The second-order valence-corrected chi connectivity index (χ2v) is 5.55. The van der Waals surface area contributed by atoms with Crippen molar-refractivity contribution in [3.05, 3.63) is 71.8 Å². The summed E-state index contributed by atoms with van der Waals surface area (Å²) in [6.45, 7) is 0. The molecule has 2 aromatic rings. The van der Waals surface area contributed by atoms with Gasteiger partial charge in [0.2, 0.25) is 0 Å². The third-order valence-corrected chi connectivity index (χ3v) is 3.61. The zero-order valence-electron chi connectivity index (χ0n) is 13.5. The van der Waals surface area contributed by atoms with Gasteiger partial charge < -0.3 is 15.7 Å². The van der Waals surface area contributed by atoms with Crippen molar-refractivity contribution in [2.24, 2.45) is 5.73 Å². The molecule has 0 aliphatic carbocycles. The number of aliphatic carboxylic acids is 1. The lowest BCUT2D eigenvalue weighted by Gasteiger charge is -2.22. The van der Waals surface area contributed by atoms with Crippen molar-refractivity contribution >= 4 is 11.9 Å². The zero-order chi connectivity index (χ0) is 18.2. The second-order valence-electron chi connectivity index (χ2n) is 5.55. The van der Waals surface area contributed by atoms with Crippen molar-refractivity contribution in [1.82, 2.24) is 5.23 Å². The van der Waals surface area contributed by atoms with Crippen molar-refractivity contribution in [1.29, 1.82) is 0 Å². The van der Waals surface area contributed by atoms with E-state index in [4.69, 9.17) is 10.6 Å². The maximum Gasteiger partial charge on any atom is 0.344 e. The van der Waals surface area contributed by atoms with Crippen LogP contribution in [-0.2, 0) is 27.3 Å². The number of carbonyl (C=O) groups is 2. The minimum atomic E-state index is -1.43. The summed E-state index contributed by atoms with van der Waals surface area (Å²) in [4.78, 5) is 28.1. The highest BCUT2D eigenvalue weighted by molar-refractivity contribution is 5.77. The van der Waals surface area contributed by atoms with Crippen LogP contribution in [-0.4, -0.2) is 39.6 Å². The van der Waals surface area contributed by atoms with E-state index >= 15 is 0 Å². The fourth-order valence-electron chi connectivity index (χ4n) is 2.27. The van der Waals surface area contributed by atoms with Gasteiger partial charge in [-0.3, -0.25) is 10.0 Å². The minimum Gasteiger partial charge on any atom is -0.480 e. The first kappa shape index (κ1) is 18.6. The van der Waals surface area contributed by atoms with Crippen molar-refractivity contribution < 1.29 is 24.7 Å². The molecule has 2 atom stereocenters. The van der Waals surface area contributed by atoms with Gasteiger partial charge in [0.1, 0.15) is 6.04 Å². The van der Waals surface area contributed by atoms with E-state index in [0.29, 0.717) is 5.56 Å². The smallest absolute Gasteiger partial charge is 0.344 e. The number of hydrogen-bond acceptors (Lipinski definition) is 6. The summed E-state index contributed by atoms with van der Waals surface area (Å²) < 4.78 is 0. The molecule has 0 fully saturated rings. The monoisotopic (exact) mass is 344 g/mol. The Morgan fingerprint density at radius 2 is 1.44 bits per heavy atom. The molecular formula is C18H20N2O5. The van der Waals surface area contributed by atoms with E-state index in [-0.39, 0.29) is 18.1 Å². The van der Waals surface area contributed by atoms with Gasteiger partial charge in [-0.1, -0.05) is 60.7 Å². The molecule has 0 amide bonds. The lowest BCUT2D eigenvalue weighted by atomic mass is 10.1. The molecule has 0 radical (unpaired) electrons. The molecule has 0 unspecified atom stereocenters. The maximum atomic E-state index is 12.0. The third kappa shape index (κ3) is 5.68. The molecule has 0 heterocycles. The predicted octanol–water partition coefficient (Wildman–Crippen LogP) is 1.40. The molecule has 25 heavy (non-hydrogen) atoms. The molecular weight excluding hydrogens is 324 g/mol. The summed E-state index contributed by atoms with van der Waals surface area (Å²) in [7, 11) is 0. The molecule has 0 saturated heterocycles. The maximum absolute atomic E-state index is 12.0. The lowest BCUT2D eigenvalue weighted by molar-refractivity contribution is -0.335. The zero-order valence-corrected chi connectivity index (χ0v) is 13.5. The fraction of sp³-hybridized carbons (Fsp3) is 0.222. The van der Waals surface area contributed by atoms with E-state index in [9.17, 15) is 19.9 Å². The highest BCUT2D eigenvalue weighted by Gasteiger charge is 2.30. The second kappa shape index (κ2) is 8.93. The van der Waals surface area contributed by atoms with E-state index in [1.54, 1.807) is 42.5 Å². The molecule has 2 aromatic carbocycles. The van der Waals surface area contributed by atoms with E-state index in [0.717, 1.165) is 5.56 Å². The molecule has 0 bridgehead atoms. The predicted molar refractivity (Wildman–Crippen MR) is 89.4 cm³/mol. The first-order chi connectivity index (χ1) is 12.0. The standard InChI is InChI=1S/C18H20N2O5/c19-15(11-13-7-3-1-4-8-13)18(23)25-20(24)16(17(21)22)12-14-9-5-2-6-10-14/h1-10,15-16,24H,11-12,19H2,(H,21,22)/t15-,16-/m0/s1. The Kier molecular flexibility index (Phi) is 6.64. The normalized spacial score (nSPS) is 13.2. The number of hydroxylamine groups is 2. The molecule has 0 saturated carbocycles. The van der Waals surface area contributed by atoms with Crippen LogP contribution in [0.5, 0.6) is 0 Å². The van der Waals surface area contributed by atoms with Gasteiger partial charge in [0.25, 0.3) is 0 Å². The lowest BCUT2D eigenvalue weighted by Crippen LogP contribution is -2.45. The molecule has 0 aliphatic rings. The van der Waals surface area contributed by atoms with Gasteiger partial charge in [-0.05, 0) is 22.8 Å². The SMILES string of the molecule is N[C@@H](Cc1ccccc1)C(=O)ON(O)[C@@H](Cc1ccccc1)C(=O)O. The Labute approximate surface area is 145 Å². The third-order valence-electron chi connectivity index (χ3n) is 3.61. The van der Waals surface area contributed by atoms with Crippen LogP contribution in [0.1, 0.15) is 11.1 Å². The Morgan fingerprint density at radius 1 is 0.960 bits per heavy atom. The number of carboxylic acids is 1. The number of rotatable bonds is 8. The molecule has 0 aliphatic heterocycles. The highest BCUT2D eigenvalue weighted by Crippen LogP contribution is 2.10. The molecule has 0 aromatic heterocycles. The first-order valence-corrected chi connectivity index (χ1v) is 7.73. The number of hydrogen-bond donors (Lipinski definition) is 3. The van der Waals surface area contributed by atoms with Crippen LogP contribution < -0.4 is 5.73 Å². The first-order valence-electron chi connectivity index (χ1n) is 7.73. The molecule has 2 rings (SSSR count). The highest BCUT2D eigenvalue weighted by atomic mass is 16.9. The van der Waals surface area contributed by atoms with E-state index in [1.807, 2.05) is 18.2 Å². The summed E-state index contributed by atoms with van der Waals surface area (Å²) in [6, 6.07) is 15.3. The van der Waals surface area contributed by atoms with Crippen LogP contribution in [0, 0.1) is 0 Å². The van der Waals surface area contributed by atoms with Gasteiger partial charge in [-0.2, -0.15) is 0 Å². The number of nitrogens with zero attached hydrogens (tertiary/aromatic N) is 1. The summed E-state index contributed by atoms with van der Waals surface area (Å²) in [5.41, 5.74) is 7.28. The van der Waals surface area contributed by atoms with Crippen molar-refractivity contribution in [3.63, 3.8) is 0 Å². The Balaban J connectivity index is 1.96. The average molecular weight is 344 g/mol. The molecule has 132 valence electrons. The van der Waals surface area contributed by atoms with Gasteiger partial charge in [0, 0.05) is 6.42 Å². The number of nitrogens with two attached hydrogens (primary N) is 1. The van der Waals surface area contributed by atoms with Crippen LogP contribution in [0.3, 0.4) is 0 Å². The van der Waals surface area contributed by atoms with Gasteiger partial charge in [-0.25, -0.2) is 4.79 Å². The van der Waals surface area contributed by atoms with E-state index in [1.165, 1.54) is 0 Å². The summed E-state index contributed by atoms with van der Waals surface area (Å²) in [6.07, 6.45) is 0.178. The quantitative estimate of drug-likeness (QED) is 0.620. The topological polar surface area (TPSA) is 113 Å². The van der Waals surface area contributed by atoms with Gasteiger partial charge in [-0.15, -0.1) is 0 Å². The van der Waals surface area contributed by atoms with E-state index < -0.39 is 24.0 Å². The van der Waals surface area contributed by atoms with Crippen LogP contribution in [0.2, 0.25) is 0 Å². The van der Waals surface area contributed by atoms with Crippen molar-refractivity contribution in [3.8, 4) is 0 Å². The Hall–Kier alpha value is -2.74. The van der Waals surface area contributed by atoms with Gasteiger partial charge in [0.15, 0.2) is 6.04 Å². The number of benzene rings is 2. The largest absolute Gasteiger partial charge is 0.480 e. The summed E-state index contributed by atoms with van der Waals surface area (Å²) in [5, 5.41) is 19.2. The Morgan fingerprint density at radius 3 is 1.92 bits per heavy atom. The van der Waals surface area contributed by atoms with Crippen molar-refractivity contribution in [2.45, 2.75) is 24.9 Å². The van der Waals surface area contributed by atoms with Crippen LogP contribution in [0.25, 0.3) is 0 Å². The molecule has 0 spiro atoms. The average Bonchev–Trinajstić information content (AvgIpc) is 2.61. The van der Waals surface area contributed by atoms with E-state index in [2.05, 4.69) is 0 Å². The summed E-state index contributed by atoms with van der Waals surface area (Å²) in [5.74, 6) is -2.23.